The molecule has 3 heteroatoms. The van der Waals surface area contributed by atoms with Gasteiger partial charge in [-0.1, -0.05) is 22.0 Å². The van der Waals surface area contributed by atoms with Crippen LogP contribution in [0.1, 0.15) is 5.56 Å². The first-order valence-electron chi connectivity index (χ1n) is 4.23. The number of hydrogen-bond acceptors (Lipinski definition) is 2. The van der Waals surface area contributed by atoms with Gasteiger partial charge in [0.15, 0.2) is 0 Å². The van der Waals surface area contributed by atoms with E-state index in [9.17, 15) is 0 Å². The Morgan fingerprint density at radius 1 is 1.46 bits per heavy atom. The van der Waals surface area contributed by atoms with Gasteiger partial charge in [-0.2, -0.15) is 0 Å². The molecule has 0 aliphatic heterocycles. The first-order valence-corrected chi connectivity index (χ1v) is 5.02. The quantitative estimate of drug-likeness (QED) is 0.822. The van der Waals surface area contributed by atoms with Gasteiger partial charge in [-0.15, -0.1) is 0 Å². The third-order valence-corrected chi connectivity index (χ3v) is 2.66. The van der Waals surface area contributed by atoms with Crippen molar-refractivity contribution in [1.82, 2.24) is 0 Å². The van der Waals surface area contributed by atoms with Gasteiger partial charge in [0.25, 0.3) is 0 Å². The highest BCUT2D eigenvalue weighted by molar-refractivity contribution is 9.10. The largest absolute Gasteiger partial charge is 0.383 e. The molecule has 0 saturated carbocycles. The number of anilines is 1. The van der Waals surface area contributed by atoms with Crippen molar-refractivity contribution in [3.05, 3.63) is 28.2 Å². The van der Waals surface area contributed by atoms with Crippen LogP contribution in [0.25, 0.3) is 0 Å². The molecular formula is C10H14BrNO. The summed E-state index contributed by atoms with van der Waals surface area (Å²) < 4.78 is 6.08. The fourth-order valence-corrected chi connectivity index (χ4v) is 1.38. The number of rotatable bonds is 4. The molecule has 1 N–H and O–H groups in total. The van der Waals surface area contributed by atoms with Crippen molar-refractivity contribution in [2.45, 2.75) is 6.92 Å². The van der Waals surface area contributed by atoms with E-state index in [1.807, 2.05) is 0 Å². The van der Waals surface area contributed by atoms with Gasteiger partial charge in [-0.3, -0.25) is 0 Å². The van der Waals surface area contributed by atoms with Gasteiger partial charge < -0.3 is 10.1 Å². The van der Waals surface area contributed by atoms with Crippen LogP contribution in [0.3, 0.4) is 0 Å². The fraction of sp³-hybridized carbons (Fsp3) is 0.400. The molecule has 0 atom stereocenters. The predicted molar refractivity (Wildman–Crippen MR) is 59.2 cm³/mol. The minimum Gasteiger partial charge on any atom is -0.383 e. The van der Waals surface area contributed by atoms with E-state index in [-0.39, 0.29) is 0 Å². The van der Waals surface area contributed by atoms with Gasteiger partial charge in [0.1, 0.15) is 0 Å². The number of halogens is 1. The SMILES string of the molecule is COCCNc1ccc(C)c(Br)c1. The molecule has 0 bridgehead atoms. The highest BCUT2D eigenvalue weighted by Gasteiger charge is 1.95. The summed E-state index contributed by atoms with van der Waals surface area (Å²) in [6.07, 6.45) is 0. The van der Waals surface area contributed by atoms with Crippen molar-refractivity contribution >= 4 is 21.6 Å². The molecule has 72 valence electrons. The molecule has 0 fully saturated rings. The van der Waals surface area contributed by atoms with Gasteiger partial charge in [-0.05, 0) is 24.6 Å². The Bertz CT molecular complexity index is 276. The summed E-state index contributed by atoms with van der Waals surface area (Å²) >= 11 is 3.48. The summed E-state index contributed by atoms with van der Waals surface area (Å²) in [4.78, 5) is 0. The smallest absolute Gasteiger partial charge is 0.0635 e. The van der Waals surface area contributed by atoms with Crippen LogP contribution in [0.4, 0.5) is 5.69 Å². The second-order valence-electron chi connectivity index (χ2n) is 2.88. The van der Waals surface area contributed by atoms with E-state index in [4.69, 9.17) is 4.74 Å². The van der Waals surface area contributed by atoms with Crippen molar-refractivity contribution in [2.75, 3.05) is 25.6 Å². The second-order valence-corrected chi connectivity index (χ2v) is 3.74. The van der Waals surface area contributed by atoms with E-state index in [1.165, 1.54) is 5.56 Å². The molecule has 0 saturated heterocycles. The Hall–Kier alpha value is -0.540. The predicted octanol–water partition coefficient (Wildman–Crippen LogP) is 2.82. The van der Waals surface area contributed by atoms with E-state index >= 15 is 0 Å². The highest BCUT2D eigenvalue weighted by Crippen LogP contribution is 2.20. The zero-order valence-corrected chi connectivity index (χ0v) is 9.52. The molecule has 0 heterocycles. The number of methoxy groups -OCH3 is 1. The minimum absolute atomic E-state index is 0.728. The van der Waals surface area contributed by atoms with Crippen LogP contribution in [0.2, 0.25) is 0 Å². The Morgan fingerprint density at radius 3 is 2.85 bits per heavy atom. The first-order chi connectivity index (χ1) is 6.24. The molecule has 0 amide bonds. The number of aryl methyl sites for hydroxylation is 1. The molecule has 0 aromatic heterocycles. The summed E-state index contributed by atoms with van der Waals surface area (Å²) in [5, 5.41) is 3.26. The zero-order valence-electron chi connectivity index (χ0n) is 7.93. The van der Waals surface area contributed by atoms with Crippen LogP contribution in [0.5, 0.6) is 0 Å². The molecule has 0 aliphatic rings. The summed E-state index contributed by atoms with van der Waals surface area (Å²) in [5.74, 6) is 0. The normalized spacial score (nSPS) is 10.1. The minimum atomic E-state index is 0.728. The van der Waals surface area contributed by atoms with Crippen molar-refractivity contribution in [1.29, 1.82) is 0 Å². The highest BCUT2D eigenvalue weighted by atomic mass is 79.9. The molecule has 0 radical (unpaired) electrons. The molecule has 13 heavy (non-hydrogen) atoms. The summed E-state index contributed by atoms with van der Waals surface area (Å²) in [6, 6.07) is 6.22. The van der Waals surface area contributed by atoms with Crippen LogP contribution in [0.15, 0.2) is 22.7 Å². The summed E-state index contributed by atoms with van der Waals surface area (Å²) in [6.45, 7) is 3.64. The maximum absolute atomic E-state index is 4.94. The molecule has 2 nitrogen and oxygen atoms in total. The zero-order chi connectivity index (χ0) is 9.68. The van der Waals surface area contributed by atoms with Crippen LogP contribution >= 0.6 is 15.9 Å². The number of benzene rings is 1. The third kappa shape index (κ3) is 3.36. The van der Waals surface area contributed by atoms with Crippen molar-refractivity contribution in [2.24, 2.45) is 0 Å². The molecule has 1 rings (SSSR count). The van der Waals surface area contributed by atoms with Gasteiger partial charge >= 0.3 is 0 Å². The monoisotopic (exact) mass is 243 g/mol. The lowest BCUT2D eigenvalue weighted by Crippen LogP contribution is -2.07. The summed E-state index contributed by atoms with van der Waals surface area (Å²) in [5.41, 5.74) is 2.37. The van der Waals surface area contributed by atoms with E-state index in [1.54, 1.807) is 7.11 Å². The maximum Gasteiger partial charge on any atom is 0.0635 e. The number of ether oxygens (including phenoxy) is 1. The Morgan fingerprint density at radius 2 is 2.23 bits per heavy atom. The van der Waals surface area contributed by atoms with Gasteiger partial charge in [0, 0.05) is 23.8 Å². The Kier molecular flexibility index (Phi) is 4.25. The lowest BCUT2D eigenvalue weighted by Gasteiger charge is -2.06. The van der Waals surface area contributed by atoms with Crippen molar-refractivity contribution in [3.8, 4) is 0 Å². The maximum atomic E-state index is 4.94. The lowest BCUT2D eigenvalue weighted by molar-refractivity contribution is 0.211. The van der Waals surface area contributed by atoms with E-state index in [0.29, 0.717) is 0 Å². The Balaban J connectivity index is 2.53. The molecule has 0 unspecified atom stereocenters. The van der Waals surface area contributed by atoms with E-state index < -0.39 is 0 Å². The van der Waals surface area contributed by atoms with Crippen molar-refractivity contribution in [3.63, 3.8) is 0 Å². The standard InChI is InChI=1S/C10H14BrNO/c1-8-3-4-9(7-10(8)11)12-5-6-13-2/h3-4,7,12H,5-6H2,1-2H3. The average Bonchev–Trinajstić information content (AvgIpc) is 2.12. The topological polar surface area (TPSA) is 21.3 Å². The summed E-state index contributed by atoms with van der Waals surface area (Å²) in [7, 11) is 1.70. The lowest BCUT2D eigenvalue weighted by atomic mass is 10.2. The van der Waals surface area contributed by atoms with Crippen LogP contribution in [-0.2, 0) is 4.74 Å². The molecule has 1 aromatic carbocycles. The number of hydrogen-bond donors (Lipinski definition) is 1. The third-order valence-electron chi connectivity index (χ3n) is 1.81. The van der Waals surface area contributed by atoms with Crippen molar-refractivity contribution < 1.29 is 4.74 Å². The van der Waals surface area contributed by atoms with Gasteiger partial charge in [0.2, 0.25) is 0 Å². The van der Waals surface area contributed by atoms with Crippen LogP contribution in [-0.4, -0.2) is 20.3 Å². The van der Waals surface area contributed by atoms with Crippen LogP contribution < -0.4 is 5.32 Å². The first kappa shape index (κ1) is 10.5. The molecular weight excluding hydrogens is 230 g/mol. The molecule has 0 spiro atoms. The molecule has 1 aromatic rings. The van der Waals surface area contributed by atoms with Gasteiger partial charge in [-0.25, -0.2) is 0 Å². The second kappa shape index (κ2) is 5.25. The Labute approximate surface area is 87.4 Å². The van der Waals surface area contributed by atoms with Gasteiger partial charge in [0.05, 0.1) is 6.61 Å². The number of nitrogens with one attached hydrogen (secondary N) is 1. The van der Waals surface area contributed by atoms with Crippen LogP contribution in [0, 0.1) is 6.92 Å². The average molecular weight is 244 g/mol. The molecule has 0 aliphatic carbocycles. The fourth-order valence-electron chi connectivity index (χ4n) is 1.00. The van der Waals surface area contributed by atoms with E-state index in [0.717, 1.165) is 23.3 Å². The van der Waals surface area contributed by atoms with E-state index in [2.05, 4.69) is 46.4 Å².